The Morgan fingerprint density at radius 2 is 2.11 bits per heavy atom. The lowest BCUT2D eigenvalue weighted by Crippen LogP contribution is -2.26. The molecule has 0 amide bonds. The number of benzene rings is 1. The van der Waals surface area contributed by atoms with Gasteiger partial charge < -0.3 is 10.4 Å². The summed E-state index contributed by atoms with van der Waals surface area (Å²) in [7, 11) is 0. The third kappa shape index (κ3) is 1.95. The predicted molar refractivity (Wildman–Crippen MR) is 63.5 cm³/mol. The van der Waals surface area contributed by atoms with Gasteiger partial charge in [0.2, 0.25) is 5.95 Å². The van der Waals surface area contributed by atoms with Gasteiger partial charge in [-0.2, -0.15) is 10.1 Å². The number of aliphatic hydroxyl groups excluding tert-OH is 1. The highest BCUT2D eigenvalue weighted by molar-refractivity contribution is 5.33. The van der Waals surface area contributed by atoms with Crippen LogP contribution in [0.1, 0.15) is 23.9 Å². The molecule has 5 nitrogen and oxygen atoms in total. The van der Waals surface area contributed by atoms with Crippen LogP contribution in [0.25, 0.3) is 0 Å². The molecule has 7 heteroatoms. The number of fused-ring (bicyclic) bond motifs is 1. The Morgan fingerprint density at radius 3 is 2.79 bits per heavy atom. The molecule has 0 bridgehead atoms. The van der Waals surface area contributed by atoms with Crippen molar-refractivity contribution < 1.29 is 13.9 Å². The average molecular weight is 266 g/mol. The van der Waals surface area contributed by atoms with E-state index in [0.717, 1.165) is 0 Å². The molecule has 3 rings (SSSR count). The average Bonchev–Trinajstić information content (AvgIpc) is 2.82. The van der Waals surface area contributed by atoms with E-state index in [1.165, 1.54) is 22.9 Å². The maximum absolute atomic E-state index is 13.8. The number of aromatic nitrogens is 3. The van der Waals surface area contributed by atoms with Gasteiger partial charge in [0.1, 0.15) is 18.2 Å². The van der Waals surface area contributed by atoms with Crippen molar-refractivity contribution in [3.8, 4) is 0 Å². The summed E-state index contributed by atoms with van der Waals surface area (Å²) in [4.78, 5) is 4.05. The maximum atomic E-state index is 13.8. The van der Waals surface area contributed by atoms with Gasteiger partial charge in [0.15, 0.2) is 5.82 Å². The fourth-order valence-corrected chi connectivity index (χ4v) is 2.31. The second-order valence-electron chi connectivity index (χ2n) is 4.32. The molecule has 1 aliphatic rings. The van der Waals surface area contributed by atoms with Crippen LogP contribution in [0.15, 0.2) is 18.2 Å². The van der Waals surface area contributed by atoms with Crippen molar-refractivity contribution in [2.75, 3.05) is 11.9 Å². The van der Waals surface area contributed by atoms with Gasteiger partial charge in [-0.25, -0.2) is 13.5 Å². The maximum Gasteiger partial charge on any atom is 0.222 e. The molecule has 0 aliphatic carbocycles. The highest BCUT2D eigenvalue weighted by Gasteiger charge is 2.28. The summed E-state index contributed by atoms with van der Waals surface area (Å²) >= 11 is 0. The molecule has 19 heavy (non-hydrogen) atoms. The first-order valence-electron chi connectivity index (χ1n) is 5.94. The number of nitrogens with zero attached hydrogens (tertiary/aromatic N) is 3. The Balaban J connectivity index is 2.10. The second kappa shape index (κ2) is 4.58. The summed E-state index contributed by atoms with van der Waals surface area (Å²) < 4.78 is 29.1. The van der Waals surface area contributed by atoms with Gasteiger partial charge >= 0.3 is 0 Å². The Bertz CT molecular complexity index is 594. The van der Waals surface area contributed by atoms with Crippen LogP contribution in [0.5, 0.6) is 0 Å². The van der Waals surface area contributed by atoms with Gasteiger partial charge in [0.05, 0.1) is 6.04 Å². The van der Waals surface area contributed by atoms with Crippen LogP contribution >= 0.6 is 0 Å². The fourth-order valence-electron chi connectivity index (χ4n) is 2.31. The highest BCUT2D eigenvalue weighted by atomic mass is 19.1. The summed E-state index contributed by atoms with van der Waals surface area (Å²) in [6, 6.07) is 3.23. The van der Waals surface area contributed by atoms with E-state index < -0.39 is 17.7 Å². The molecule has 0 spiro atoms. The second-order valence-corrected chi connectivity index (χ2v) is 4.32. The topological polar surface area (TPSA) is 63.0 Å². The molecule has 0 saturated carbocycles. The molecular weight excluding hydrogens is 254 g/mol. The van der Waals surface area contributed by atoms with Crippen LogP contribution in [-0.2, 0) is 6.61 Å². The molecule has 2 N–H and O–H groups in total. The Morgan fingerprint density at radius 1 is 1.37 bits per heavy atom. The Hall–Kier alpha value is -2.02. The number of nitrogens with one attached hydrogen (secondary N) is 1. The van der Waals surface area contributed by atoms with Gasteiger partial charge in [-0.3, -0.25) is 0 Å². The third-order valence-corrected chi connectivity index (χ3v) is 3.15. The van der Waals surface area contributed by atoms with Crippen molar-refractivity contribution in [3.05, 3.63) is 41.2 Å². The van der Waals surface area contributed by atoms with E-state index in [0.29, 0.717) is 18.9 Å². The Labute approximate surface area is 107 Å². The number of rotatable bonds is 2. The SMILES string of the molecule is OCc1nc2n(n1)C(c1c(F)cccc1F)CCN2. The van der Waals surface area contributed by atoms with Crippen LogP contribution in [0.2, 0.25) is 0 Å². The lowest BCUT2D eigenvalue weighted by Gasteiger charge is -2.25. The van der Waals surface area contributed by atoms with E-state index in [2.05, 4.69) is 15.4 Å². The van der Waals surface area contributed by atoms with Crippen LogP contribution in [0.4, 0.5) is 14.7 Å². The van der Waals surface area contributed by atoms with Crippen molar-refractivity contribution in [3.63, 3.8) is 0 Å². The summed E-state index contributed by atoms with van der Waals surface area (Å²) in [5, 5.41) is 16.1. The molecule has 0 saturated heterocycles. The number of hydrogen-bond donors (Lipinski definition) is 2. The predicted octanol–water partition coefficient (Wildman–Crippen LogP) is 1.45. The van der Waals surface area contributed by atoms with E-state index in [1.807, 2.05) is 0 Å². The number of hydrogen-bond acceptors (Lipinski definition) is 4. The smallest absolute Gasteiger partial charge is 0.222 e. The van der Waals surface area contributed by atoms with E-state index >= 15 is 0 Å². The van der Waals surface area contributed by atoms with Gasteiger partial charge in [-0.15, -0.1) is 0 Å². The standard InChI is InChI=1S/C12H12F2N4O/c13-7-2-1-3-8(14)11(7)9-4-5-15-12-16-10(6-19)17-18(9)12/h1-3,9,19H,4-6H2,(H,15,16,17). The third-order valence-electron chi connectivity index (χ3n) is 3.15. The molecule has 1 unspecified atom stereocenters. The molecule has 1 aromatic heterocycles. The van der Waals surface area contributed by atoms with Crippen molar-refractivity contribution in [2.45, 2.75) is 19.1 Å². The van der Waals surface area contributed by atoms with Crippen molar-refractivity contribution in [1.29, 1.82) is 0 Å². The van der Waals surface area contributed by atoms with Crippen LogP contribution < -0.4 is 5.32 Å². The zero-order chi connectivity index (χ0) is 13.4. The molecule has 1 aromatic carbocycles. The number of aliphatic hydroxyl groups is 1. The summed E-state index contributed by atoms with van der Waals surface area (Å²) in [6.07, 6.45) is 0.499. The van der Waals surface area contributed by atoms with Crippen LogP contribution in [-0.4, -0.2) is 26.4 Å². The molecule has 0 radical (unpaired) electrons. The number of halogens is 2. The quantitative estimate of drug-likeness (QED) is 0.863. The first-order valence-corrected chi connectivity index (χ1v) is 5.94. The lowest BCUT2D eigenvalue weighted by atomic mass is 10.0. The normalized spacial score (nSPS) is 17.9. The minimum atomic E-state index is -0.598. The van der Waals surface area contributed by atoms with Crippen molar-refractivity contribution in [2.24, 2.45) is 0 Å². The van der Waals surface area contributed by atoms with E-state index in [9.17, 15) is 8.78 Å². The zero-order valence-electron chi connectivity index (χ0n) is 9.98. The molecule has 2 heterocycles. The fraction of sp³-hybridized carbons (Fsp3) is 0.333. The molecule has 1 aliphatic heterocycles. The minimum Gasteiger partial charge on any atom is -0.388 e. The largest absolute Gasteiger partial charge is 0.388 e. The monoisotopic (exact) mass is 266 g/mol. The molecule has 2 aromatic rings. The summed E-state index contributed by atoms with van der Waals surface area (Å²) in [5.74, 6) is -0.549. The van der Waals surface area contributed by atoms with Crippen LogP contribution in [0, 0.1) is 11.6 Å². The molecule has 100 valence electrons. The van der Waals surface area contributed by atoms with Crippen LogP contribution in [0.3, 0.4) is 0 Å². The summed E-state index contributed by atoms with van der Waals surface area (Å²) in [6.45, 7) is 0.232. The van der Waals surface area contributed by atoms with E-state index in [1.54, 1.807) is 0 Å². The van der Waals surface area contributed by atoms with Crippen molar-refractivity contribution >= 4 is 5.95 Å². The van der Waals surface area contributed by atoms with Gasteiger partial charge in [0.25, 0.3) is 0 Å². The Kier molecular flexibility index (Phi) is 2.90. The molecule has 0 fully saturated rings. The van der Waals surface area contributed by atoms with E-state index in [-0.39, 0.29) is 18.0 Å². The van der Waals surface area contributed by atoms with E-state index in [4.69, 9.17) is 5.11 Å². The van der Waals surface area contributed by atoms with Gasteiger partial charge in [-0.05, 0) is 18.6 Å². The zero-order valence-corrected chi connectivity index (χ0v) is 9.98. The van der Waals surface area contributed by atoms with Gasteiger partial charge in [0, 0.05) is 12.1 Å². The number of anilines is 1. The first kappa shape index (κ1) is 12.0. The van der Waals surface area contributed by atoms with Crippen molar-refractivity contribution in [1.82, 2.24) is 14.8 Å². The minimum absolute atomic E-state index is 0.0142. The van der Waals surface area contributed by atoms with Gasteiger partial charge in [-0.1, -0.05) is 6.07 Å². The molecular formula is C12H12F2N4O. The molecule has 1 atom stereocenters. The highest BCUT2D eigenvalue weighted by Crippen LogP contribution is 2.31. The summed E-state index contributed by atoms with van der Waals surface area (Å²) in [5.41, 5.74) is -0.0142. The first-order chi connectivity index (χ1) is 9.20. The lowest BCUT2D eigenvalue weighted by molar-refractivity contribution is 0.270.